The van der Waals surface area contributed by atoms with E-state index in [4.69, 9.17) is 10.5 Å². The Hall–Kier alpha value is -2.15. The number of carbonyl (C=O) groups is 1. The quantitative estimate of drug-likeness (QED) is 0.790. The molecule has 0 bridgehead atoms. The molecule has 1 atom stereocenters. The normalized spacial score (nSPS) is 15.4. The maximum absolute atomic E-state index is 12.3. The molecule has 1 unspecified atom stereocenters. The predicted octanol–water partition coefficient (Wildman–Crippen LogP) is 1.38. The smallest absolute Gasteiger partial charge is 0.242 e. The molecule has 0 aromatic carbocycles. The van der Waals surface area contributed by atoms with Crippen LogP contribution in [0.4, 0.5) is 0 Å². The fourth-order valence-corrected chi connectivity index (χ4v) is 3.49. The van der Waals surface area contributed by atoms with Crippen LogP contribution in [0.2, 0.25) is 0 Å². The summed E-state index contributed by atoms with van der Waals surface area (Å²) in [5, 5.41) is 8.36. The van der Waals surface area contributed by atoms with Crippen molar-refractivity contribution in [1.29, 1.82) is 0 Å². The van der Waals surface area contributed by atoms with E-state index in [2.05, 4.69) is 15.4 Å². The third-order valence-corrected chi connectivity index (χ3v) is 5.11. The molecule has 1 aliphatic rings. The molecule has 3 N–H and O–H groups in total. The van der Waals surface area contributed by atoms with Gasteiger partial charge in [-0.05, 0) is 50.2 Å². The first-order chi connectivity index (χ1) is 12.0. The van der Waals surface area contributed by atoms with Gasteiger partial charge in [-0.3, -0.25) is 4.79 Å². The second-order valence-electron chi connectivity index (χ2n) is 6.88. The average Bonchev–Trinajstić information content (AvgIpc) is 3.37. The Bertz CT molecular complexity index is 795. The predicted molar refractivity (Wildman–Crippen MR) is 96.6 cm³/mol. The van der Waals surface area contributed by atoms with Gasteiger partial charge in [-0.2, -0.15) is 0 Å². The number of pyridine rings is 1. The summed E-state index contributed by atoms with van der Waals surface area (Å²) in [5.41, 5.74) is 9.67. The van der Waals surface area contributed by atoms with Gasteiger partial charge in [-0.25, -0.2) is 9.67 Å². The SMILES string of the molecule is COc1nn(C)c2nc(C)c(CCC(=O)NC(CN)C3CC3)c(C)c12. The van der Waals surface area contributed by atoms with Crippen molar-refractivity contribution in [2.45, 2.75) is 45.6 Å². The summed E-state index contributed by atoms with van der Waals surface area (Å²) in [6.45, 7) is 4.53. The molecule has 25 heavy (non-hydrogen) atoms. The largest absolute Gasteiger partial charge is 0.479 e. The van der Waals surface area contributed by atoms with Crippen molar-refractivity contribution in [1.82, 2.24) is 20.1 Å². The number of nitrogens with two attached hydrogens (primary N) is 1. The molecule has 0 saturated heterocycles. The molecule has 1 saturated carbocycles. The fourth-order valence-electron chi connectivity index (χ4n) is 3.49. The first-order valence-corrected chi connectivity index (χ1v) is 8.82. The van der Waals surface area contributed by atoms with Crippen molar-refractivity contribution in [2.24, 2.45) is 18.7 Å². The summed E-state index contributed by atoms with van der Waals surface area (Å²) in [4.78, 5) is 17.0. The second-order valence-corrected chi connectivity index (χ2v) is 6.88. The van der Waals surface area contributed by atoms with Crippen molar-refractivity contribution in [3.63, 3.8) is 0 Å². The highest BCUT2D eigenvalue weighted by atomic mass is 16.5. The van der Waals surface area contributed by atoms with Crippen LogP contribution in [-0.4, -0.2) is 40.4 Å². The number of rotatable bonds is 7. The number of carbonyl (C=O) groups excluding carboxylic acids is 1. The van der Waals surface area contributed by atoms with Gasteiger partial charge in [-0.15, -0.1) is 5.10 Å². The third-order valence-electron chi connectivity index (χ3n) is 5.11. The Balaban J connectivity index is 1.77. The topological polar surface area (TPSA) is 95.1 Å². The van der Waals surface area contributed by atoms with E-state index in [0.29, 0.717) is 31.2 Å². The van der Waals surface area contributed by atoms with E-state index in [1.54, 1.807) is 11.8 Å². The van der Waals surface area contributed by atoms with E-state index in [-0.39, 0.29) is 11.9 Å². The Morgan fingerprint density at radius 1 is 1.44 bits per heavy atom. The van der Waals surface area contributed by atoms with Gasteiger partial charge in [0.1, 0.15) is 0 Å². The number of hydrogen-bond donors (Lipinski definition) is 2. The van der Waals surface area contributed by atoms with Crippen LogP contribution in [0.15, 0.2) is 0 Å². The molecule has 1 aliphatic carbocycles. The molecule has 7 heteroatoms. The summed E-state index contributed by atoms with van der Waals surface area (Å²) in [7, 11) is 3.47. The van der Waals surface area contributed by atoms with E-state index in [0.717, 1.165) is 27.9 Å². The van der Waals surface area contributed by atoms with Crippen LogP contribution in [0.3, 0.4) is 0 Å². The summed E-state index contributed by atoms with van der Waals surface area (Å²) in [6.07, 6.45) is 3.41. The molecule has 2 aromatic rings. The van der Waals surface area contributed by atoms with Crippen LogP contribution in [0.25, 0.3) is 11.0 Å². The van der Waals surface area contributed by atoms with E-state index >= 15 is 0 Å². The van der Waals surface area contributed by atoms with Crippen LogP contribution in [0.1, 0.15) is 36.1 Å². The number of fused-ring (bicyclic) bond motifs is 1. The lowest BCUT2D eigenvalue weighted by Crippen LogP contribution is -2.41. The van der Waals surface area contributed by atoms with Gasteiger partial charge in [0.25, 0.3) is 0 Å². The van der Waals surface area contributed by atoms with Crippen molar-refractivity contribution < 1.29 is 9.53 Å². The third kappa shape index (κ3) is 3.46. The maximum atomic E-state index is 12.3. The zero-order valence-electron chi connectivity index (χ0n) is 15.4. The van der Waals surface area contributed by atoms with Crippen LogP contribution >= 0.6 is 0 Å². The van der Waals surface area contributed by atoms with Gasteiger partial charge in [0.15, 0.2) is 5.65 Å². The van der Waals surface area contributed by atoms with E-state index in [9.17, 15) is 4.79 Å². The van der Waals surface area contributed by atoms with Gasteiger partial charge in [0.2, 0.25) is 11.8 Å². The zero-order valence-corrected chi connectivity index (χ0v) is 15.4. The minimum atomic E-state index is 0.0550. The monoisotopic (exact) mass is 345 g/mol. The summed E-state index contributed by atoms with van der Waals surface area (Å²) >= 11 is 0. The molecular weight excluding hydrogens is 318 g/mol. The lowest BCUT2D eigenvalue weighted by Gasteiger charge is -2.16. The summed E-state index contributed by atoms with van der Waals surface area (Å²) in [6, 6.07) is 0.119. The van der Waals surface area contributed by atoms with Gasteiger partial charge in [0.05, 0.1) is 12.5 Å². The highest BCUT2D eigenvalue weighted by Gasteiger charge is 2.31. The number of nitrogens with one attached hydrogen (secondary N) is 1. The molecule has 7 nitrogen and oxygen atoms in total. The van der Waals surface area contributed by atoms with E-state index in [1.807, 2.05) is 20.9 Å². The summed E-state index contributed by atoms with van der Waals surface area (Å²) in [5.74, 6) is 1.19. The van der Waals surface area contributed by atoms with Crippen LogP contribution < -0.4 is 15.8 Å². The standard InChI is InChI=1S/C18H27N5O2/c1-10-13(7-8-15(24)21-14(9-19)12-5-6-12)11(2)20-17-16(10)18(25-4)22-23(17)3/h12,14H,5-9,19H2,1-4H3,(H,21,24). The lowest BCUT2D eigenvalue weighted by atomic mass is 10.00. The molecule has 2 heterocycles. The minimum absolute atomic E-state index is 0.0550. The molecule has 3 rings (SSSR count). The number of amides is 1. The molecule has 2 aromatic heterocycles. The number of hydrogen-bond acceptors (Lipinski definition) is 5. The Kier molecular flexibility index (Phi) is 4.94. The lowest BCUT2D eigenvalue weighted by molar-refractivity contribution is -0.121. The number of ether oxygens (including phenoxy) is 1. The number of methoxy groups -OCH3 is 1. The van der Waals surface area contributed by atoms with Crippen LogP contribution in [0.5, 0.6) is 5.88 Å². The van der Waals surface area contributed by atoms with Gasteiger partial charge < -0.3 is 15.8 Å². The summed E-state index contributed by atoms with van der Waals surface area (Å²) < 4.78 is 7.11. The average molecular weight is 345 g/mol. The molecule has 0 spiro atoms. The van der Waals surface area contributed by atoms with Crippen molar-refractivity contribution >= 4 is 16.9 Å². The molecule has 0 aliphatic heterocycles. The van der Waals surface area contributed by atoms with Crippen molar-refractivity contribution in [3.8, 4) is 5.88 Å². The maximum Gasteiger partial charge on any atom is 0.242 e. The van der Waals surface area contributed by atoms with E-state index < -0.39 is 0 Å². The van der Waals surface area contributed by atoms with Crippen LogP contribution in [-0.2, 0) is 18.3 Å². The van der Waals surface area contributed by atoms with E-state index in [1.165, 1.54) is 12.8 Å². The number of aryl methyl sites for hydroxylation is 3. The first-order valence-electron chi connectivity index (χ1n) is 8.82. The Morgan fingerprint density at radius 2 is 2.16 bits per heavy atom. The molecule has 1 amide bonds. The van der Waals surface area contributed by atoms with Crippen LogP contribution in [0, 0.1) is 19.8 Å². The Labute approximate surface area is 147 Å². The Morgan fingerprint density at radius 3 is 2.76 bits per heavy atom. The molecule has 136 valence electrons. The van der Waals surface area contributed by atoms with Crippen molar-refractivity contribution in [3.05, 3.63) is 16.8 Å². The molecule has 0 radical (unpaired) electrons. The minimum Gasteiger partial charge on any atom is -0.479 e. The molecule has 1 fully saturated rings. The van der Waals surface area contributed by atoms with Gasteiger partial charge in [0, 0.05) is 31.7 Å². The first kappa shape index (κ1) is 17.7. The van der Waals surface area contributed by atoms with Gasteiger partial charge in [-0.1, -0.05) is 0 Å². The second kappa shape index (κ2) is 7.00. The fraction of sp³-hybridized carbons (Fsp3) is 0.611. The van der Waals surface area contributed by atoms with Crippen molar-refractivity contribution in [2.75, 3.05) is 13.7 Å². The number of aromatic nitrogens is 3. The molecular formula is C18H27N5O2. The van der Waals surface area contributed by atoms with Gasteiger partial charge >= 0.3 is 0 Å². The highest BCUT2D eigenvalue weighted by Crippen LogP contribution is 2.32. The highest BCUT2D eigenvalue weighted by molar-refractivity contribution is 5.86. The zero-order chi connectivity index (χ0) is 18.1. The number of nitrogens with zero attached hydrogens (tertiary/aromatic N) is 3.